The molecule has 1 N–H and O–H groups in total. The minimum atomic E-state index is -4.41. The summed E-state index contributed by atoms with van der Waals surface area (Å²) < 4.78 is 51.2. The lowest BCUT2D eigenvalue weighted by molar-refractivity contribution is -0.137. The minimum absolute atomic E-state index is 0.0736. The number of thioether (sulfide) groups is 1. The zero-order chi connectivity index (χ0) is 20.1. The number of anilines is 1. The molecule has 10 heteroatoms. The number of hydrogen-bond donors (Lipinski definition) is 1. The molecule has 2 aromatic carbocycles. The molecule has 0 saturated carbocycles. The highest BCUT2D eigenvalue weighted by molar-refractivity contribution is 8.00. The second-order valence-corrected chi connectivity index (χ2v) is 7.91. The average Bonchev–Trinajstić information content (AvgIpc) is 3.08. The van der Waals surface area contributed by atoms with E-state index in [0.717, 1.165) is 17.7 Å². The summed E-state index contributed by atoms with van der Waals surface area (Å²) in [5.41, 5.74) is 0.624. The van der Waals surface area contributed by atoms with E-state index in [1.54, 1.807) is 12.1 Å². The monoisotopic (exact) mass is 427 g/mol. The number of aromatic nitrogens is 2. The Morgan fingerprint density at radius 3 is 2.29 bits per heavy atom. The Morgan fingerprint density at radius 1 is 1.00 bits per heavy atom. The summed E-state index contributed by atoms with van der Waals surface area (Å²) in [6, 6.07) is 10.5. The molecule has 0 fully saturated rings. The number of alkyl halides is 3. The van der Waals surface area contributed by atoms with E-state index in [1.807, 2.05) is 0 Å². The van der Waals surface area contributed by atoms with Crippen molar-refractivity contribution < 1.29 is 22.4 Å². The standard InChI is InChI=1S/C18H13F4N3OS2/c19-14-7-3-12(4-8-14)10-27-17-25-24-16(28-17)23-15(26)9-11-1-5-13(6-2-11)18(20,21)22/h1-8H,9-10H2,(H,23,24,26). The Kier molecular flexibility index (Phi) is 6.30. The van der Waals surface area contributed by atoms with E-state index >= 15 is 0 Å². The first kappa shape index (κ1) is 20.3. The Hall–Kier alpha value is -2.46. The summed E-state index contributed by atoms with van der Waals surface area (Å²) >= 11 is 2.59. The lowest BCUT2D eigenvalue weighted by Gasteiger charge is -2.07. The summed E-state index contributed by atoms with van der Waals surface area (Å²) in [4.78, 5) is 12.0. The zero-order valence-electron chi connectivity index (χ0n) is 14.2. The highest BCUT2D eigenvalue weighted by Gasteiger charge is 2.29. The van der Waals surface area contributed by atoms with Crippen molar-refractivity contribution in [3.8, 4) is 0 Å². The van der Waals surface area contributed by atoms with Gasteiger partial charge in [-0.25, -0.2) is 4.39 Å². The van der Waals surface area contributed by atoms with Crippen LogP contribution in [-0.2, 0) is 23.1 Å². The maximum Gasteiger partial charge on any atom is 0.416 e. The normalized spacial score (nSPS) is 11.4. The maximum atomic E-state index is 12.9. The summed E-state index contributed by atoms with van der Waals surface area (Å²) in [7, 11) is 0. The molecule has 1 aromatic heterocycles. The Balaban J connectivity index is 1.51. The van der Waals surface area contributed by atoms with Crippen molar-refractivity contribution in [2.45, 2.75) is 22.7 Å². The largest absolute Gasteiger partial charge is 0.416 e. The molecule has 0 spiro atoms. The molecule has 0 bridgehead atoms. The number of halogens is 4. The molecule has 1 heterocycles. The number of benzene rings is 2. The number of carbonyl (C=O) groups excluding carboxylic acids is 1. The van der Waals surface area contributed by atoms with Gasteiger partial charge in [-0.3, -0.25) is 4.79 Å². The Morgan fingerprint density at radius 2 is 1.64 bits per heavy atom. The SMILES string of the molecule is O=C(Cc1ccc(C(F)(F)F)cc1)Nc1nnc(SCc2ccc(F)cc2)s1. The fourth-order valence-electron chi connectivity index (χ4n) is 2.20. The van der Waals surface area contributed by atoms with Crippen molar-refractivity contribution in [3.63, 3.8) is 0 Å². The van der Waals surface area contributed by atoms with Gasteiger partial charge >= 0.3 is 6.18 Å². The molecule has 0 atom stereocenters. The van der Waals surface area contributed by atoms with Crippen molar-refractivity contribution in [1.29, 1.82) is 0 Å². The third-order valence-corrected chi connectivity index (χ3v) is 5.62. The predicted octanol–water partition coefficient (Wildman–Crippen LogP) is 5.17. The first-order valence-electron chi connectivity index (χ1n) is 7.96. The molecular formula is C18H13F4N3OS2. The average molecular weight is 427 g/mol. The first-order chi connectivity index (χ1) is 13.3. The van der Waals surface area contributed by atoms with Gasteiger partial charge in [0.15, 0.2) is 4.34 Å². The molecule has 0 aliphatic carbocycles. The van der Waals surface area contributed by atoms with Gasteiger partial charge in [-0.1, -0.05) is 47.4 Å². The van der Waals surface area contributed by atoms with Crippen molar-refractivity contribution in [1.82, 2.24) is 10.2 Å². The van der Waals surface area contributed by atoms with Crippen LogP contribution in [-0.4, -0.2) is 16.1 Å². The van der Waals surface area contributed by atoms with E-state index < -0.39 is 17.6 Å². The van der Waals surface area contributed by atoms with Crippen molar-refractivity contribution in [3.05, 3.63) is 71.0 Å². The zero-order valence-corrected chi connectivity index (χ0v) is 15.8. The number of hydrogen-bond acceptors (Lipinski definition) is 5. The van der Waals surface area contributed by atoms with Crippen LogP contribution in [0.5, 0.6) is 0 Å². The molecule has 0 aliphatic heterocycles. The second kappa shape index (κ2) is 8.70. The van der Waals surface area contributed by atoms with Crippen molar-refractivity contribution in [2.75, 3.05) is 5.32 Å². The van der Waals surface area contributed by atoms with Crippen LogP contribution in [0.3, 0.4) is 0 Å². The Labute approximate surface area is 166 Å². The van der Waals surface area contributed by atoms with Crippen molar-refractivity contribution in [2.24, 2.45) is 0 Å². The van der Waals surface area contributed by atoms with E-state index in [2.05, 4.69) is 15.5 Å². The van der Waals surface area contributed by atoms with Crippen LogP contribution in [0.25, 0.3) is 0 Å². The van der Waals surface area contributed by atoms with E-state index in [-0.39, 0.29) is 12.2 Å². The number of carbonyl (C=O) groups is 1. The molecule has 146 valence electrons. The molecule has 3 rings (SSSR count). The second-order valence-electron chi connectivity index (χ2n) is 5.71. The summed E-state index contributed by atoms with van der Waals surface area (Å²) in [5.74, 6) is -0.122. The van der Waals surface area contributed by atoms with E-state index in [9.17, 15) is 22.4 Å². The van der Waals surface area contributed by atoms with E-state index in [0.29, 0.717) is 20.8 Å². The number of amides is 1. The quantitative estimate of drug-likeness (QED) is 0.335. The predicted molar refractivity (Wildman–Crippen MR) is 99.6 cm³/mol. The van der Waals surface area contributed by atoms with Gasteiger partial charge in [0.2, 0.25) is 11.0 Å². The van der Waals surface area contributed by atoms with Crippen LogP contribution < -0.4 is 5.32 Å². The fraction of sp³-hybridized carbons (Fsp3) is 0.167. The van der Waals surface area contributed by atoms with Gasteiger partial charge in [0.25, 0.3) is 0 Å². The van der Waals surface area contributed by atoms with Crippen molar-refractivity contribution >= 4 is 34.1 Å². The third-order valence-electron chi connectivity index (χ3n) is 3.57. The lowest BCUT2D eigenvalue weighted by Crippen LogP contribution is -2.14. The molecule has 0 aliphatic rings. The number of nitrogens with zero attached hydrogens (tertiary/aromatic N) is 2. The summed E-state index contributed by atoms with van der Waals surface area (Å²) in [5, 5.41) is 10.7. The number of rotatable bonds is 6. The molecule has 0 unspecified atom stereocenters. The summed E-state index contributed by atoms with van der Waals surface area (Å²) in [6.07, 6.45) is -4.48. The van der Waals surface area contributed by atoms with Gasteiger partial charge in [-0.15, -0.1) is 10.2 Å². The van der Waals surface area contributed by atoms with Gasteiger partial charge in [0.05, 0.1) is 12.0 Å². The molecule has 4 nitrogen and oxygen atoms in total. The molecule has 3 aromatic rings. The van der Waals surface area contributed by atoms with Gasteiger partial charge in [0.1, 0.15) is 5.82 Å². The van der Waals surface area contributed by atoms with E-state index in [1.165, 1.54) is 47.4 Å². The smallest absolute Gasteiger partial charge is 0.300 e. The van der Waals surface area contributed by atoms with Crippen LogP contribution in [0.4, 0.5) is 22.7 Å². The van der Waals surface area contributed by atoms with Gasteiger partial charge in [0, 0.05) is 5.75 Å². The molecule has 0 saturated heterocycles. The number of nitrogens with one attached hydrogen (secondary N) is 1. The highest BCUT2D eigenvalue weighted by Crippen LogP contribution is 2.30. The third kappa shape index (κ3) is 5.77. The lowest BCUT2D eigenvalue weighted by atomic mass is 10.1. The van der Waals surface area contributed by atoms with Gasteiger partial charge in [-0.05, 0) is 35.4 Å². The molecule has 0 radical (unpaired) electrons. The van der Waals surface area contributed by atoms with Crippen LogP contribution in [0, 0.1) is 5.82 Å². The van der Waals surface area contributed by atoms with Gasteiger partial charge in [-0.2, -0.15) is 13.2 Å². The Bertz CT molecular complexity index is 941. The molecule has 1 amide bonds. The topological polar surface area (TPSA) is 54.9 Å². The van der Waals surface area contributed by atoms with E-state index in [4.69, 9.17) is 0 Å². The highest BCUT2D eigenvalue weighted by atomic mass is 32.2. The fourth-order valence-corrected chi connectivity index (χ4v) is 3.93. The van der Waals surface area contributed by atoms with Crippen LogP contribution >= 0.6 is 23.1 Å². The van der Waals surface area contributed by atoms with Crippen LogP contribution in [0.15, 0.2) is 52.9 Å². The maximum absolute atomic E-state index is 12.9. The van der Waals surface area contributed by atoms with Crippen LogP contribution in [0.1, 0.15) is 16.7 Å². The van der Waals surface area contributed by atoms with Crippen LogP contribution in [0.2, 0.25) is 0 Å². The summed E-state index contributed by atoms with van der Waals surface area (Å²) in [6.45, 7) is 0. The first-order valence-corrected chi connectivity index (χ1v) is 9.76. The molecule has 28 heavy (non-hydrogen) atoms. The van der Waals surface area contributed by atoms with Gasteiger partial charge < -0.3 is 5.32 Å². The molecular weight excluding hydrogens is 414 g/mol. The minimum Gasteiger partial charge on any atom is -0.300 e.